The van der Waals surface area contributed by atoms with E-state index < -0.39 is 0 Å². The van der Waals surface area contributed by atoms with Gasteiger partial charge in [0.1, 0.15) is 5.75 Å². The minimum Gasteiger partial charge on any atom is -0.474 e. The van der Waals surface area contributed by atoms with Crippen molar-refractivity contribution in [2.45, 2.75) is 19.6 Å². The van der Waals surface area contributed by atoms with Gasteiger partial charge in [-0.05, 0) is 25.1 Å². The summed E-state index contributed by atoms with van der Waals surface area (Å²) in [6.45, 7) is 6.49. The first-order valence-electron chi connectivity index (χ1n) is 6.06. The molecule has 0 aromatic heterocycles. The molecular weight excluding hydrogens is 200 g/mol. The summed E-state index contributed by atoms with van der Waals surface area (Å²) in [5, 5.41) is 3.39. The highest BCUT2D eigenvalue weighted by molar-refractivity contribution is 5.21. The Bertz CT molecular complexity index is 300. The number of hydrogen-bond donors (Lipinski definition) is 1. The molecule has 0 aliphatic carbocycles. The molecule has 0 saturated carbocycles. The molecule has 1 unspecified atom stereocenters. The van der Waals surface area contributed by atoms with E-state index in [2.05, 4.69) is 17.1 Å². The quantitative estimate of drug-likeness (QED) is 0.836. The number of benzene rings is 1. The van der Waals surface area contributed by atoms with Crippen molar-refractivity contribution in [1.82, 2.24) is 10.2 Å². The first kappa shape index (κ1) is 11.4. The van der Waals surface area contributed by atoms with Gasteiger partial charge in [-0.15, -0.1) is 0 Å². The molecule has 0 spiro atoms. The van der Waals surface area contributed by atoms with Crippen LogP contribution in [0.15, 0.2) is 30.3 Å². The second-order valence-electron chi connectivity index (χ2n) is 4.17. The maximum atomic E-state index is 5.88. The van der Waals surface area contributed by atoms with Crippen LogP contribution in [-0.4, -0.2) is 37.3 Å². The summed E-state index contributed by atoms with van der Waals surface area (Å²) < 4.78 is 5.88. The summed E-state index contributed by atoms with van der Waals surface area (Å²) in [6, 6.07) is 10.0. The predicted octanol–water partition coefficient (Wildman–Crippen LogP) is 1.71. The van der Waals surface area contributed by atoms with Crippen LogP contribution in [0.1, 0.15) is 13.3 Å². The van der Waals surface area contributed by atoms with Crippen molar-refractivity contribution in [2.24, 2.45) is 0 Å². The molecule has 2 rings (SSSR count). The van der Waals surface area contributed by atoms with Crippen molar-refractivity contribution in [3.8, 4) is 5.75 Å². The van der Waals surface area contributed by atoms with Crippen LogP contribution >= 0.6 is 0 Å². The molecule has 1 aromatic rings. The highest BCUT2D eigenvalue weighted by atomic mass is 16.5. The molecule has 0 amide bonds. The van der Waals surface area contributed by atoms with Crippen molar-refractivity contribution in [2.75, 3.05) is 26.2 Å². The smallest absolute Gasteiger partial charge is 0.163 e. The average molecular weight is 220 g/mol. The van der Waals surface area contributed by atoms with Gasteiger partial charge in [0.05, 0.1) is 0 Å². The summed E-state index contributed by atoms with van der Waals surface area (Å²) in [6.07, 6.45) is 1.33. The second kappa shape index (κ2) is 5.87. The van der Waals surface area contributed by atoms with Crippen LogP contribution in [-0.2, 0) is 0 Å². The standard InChI is InChI=1S/C13H20N2O/c1-2-9-15-10-8-14-13(11-15)16-12-6-4-3-5-7-12/h3-7,13-14H,2,8-11H2,1H3. The topological polar surface area (TPSA) is 24.5 Å². The van der Waals surface area contributed by atoms with Gasteiger partial charge >= 0.3 is 0 Å². The fourth-order valence-corrected chi connectivity index (χ4v) is 2.04. The van der Waals surface area contributed by atoms with E-state index in [1.165, 1.54) is 6.42 Å². The maximum Gasteiger partial charge on any atom is 0.163 e. The van der Waals surface area contributed by atoms with Gasteiger partial charge in [-0.2, -0.15) is 0 Å². The van der Waals surface area contributed by atoms with Crippen molar-refractivity contribution in [3.63, 3.8) is 0 Å². The number of para-hydroxylation sites is 1. The van der Waals surface area contributed by atoms with Crippen LogP contribution in [0.5, 0.6) is 5.75 Å². The number of piperazine rings is 1. The molecule has 1 N–H and O–H groups in total. The van der Waals surface area contributed by atoms with Crippen molar-refractivity contribution in [3.05, 3.63) is 30.3 Å². The minimum absolute atomic E-state index is 0.127. The minimum atomic E-state index is 0.127. The average Bonchev–Trinajstić information content (AvgIpc) is 2.31. The molecular formula is C13H20N2O. The molecule has 88 valence electrons. The summed E-state index contributed by atoms with van der Waals surface area (Å²) >= 11 is 0. The van der Waals surface area contributed by atoms with E-state index >= 15 is 0 Å². The molecule has 1 aromatic carbocycles. The first-order chi connectivity index (χ1) is 7.88. The van der Waals surface area contributed by atoms with Crippen molar-refractivity contribution >= 4 is 0 Å². The van der Waals surface area contributed by atoms with Gasteiger partial charge < -0.3 is 4.74 Å². The van der Waals surface area contributed by atoms with Crippen molar-refractivity contribution < 1.29 is 4.74 Å². The van der Waals surface area contributed by atoms with Gasteiger partial charge in [0.25, 0.3) is 0 Å². The first-order valence-corrected chi connectivity index (χ1v) is 6.06. The molecule has 1 atom stereocenters. The van der Waals surface area contributed by atoms with E-state index in [9.17, 15) is 0 Å². The lowest BCUT2D eigenvalue weighted by molar-refractivity contribution is 0.0733. The summed E-state index contributed by atoms with van der Waals surface area (Å²) in [5.41, 5.74) is 0. The van der Waals surface area contributed by atoms with E-state index in [1.54, 1.807) is 0 Å². The molecule has 0 bridgehead atoms. The zero-order chi connectivity index (χ0) is 11.2. The molecule has 3 heteroatoms. The third-order valence-electron chi connectivity index (χ3n) is 2.79. The molecule has 1 saturated heterocycles. The maximum absolute atomic E-state index is 5.88. The highest BCUT2D eigenvalue weighted by Gasteiger charge is 2.19. The number of nitrogens with one attached hydrogen (secondary N) is 1. The fraction of sp³-hybridized carbons (Fsp3) is 0.538. The molecule has 1 fully saturated rings. The molecule has 1 aliphatic heterocycles. The molecule has 16 heavy (non-hydrogen) atoms. The van der Waals surface area contributed by atoms with Crippen LogP contribution in [0.2, 0.25) is 0 Å². The third kappa shape index (κ3) is 3.22. The lowest BCUT2D eigenvalue weighted by Crippen LogP contribution is -2.53. The van der Waals surface area contributed by atoms with E-state index in [0.717, 1.165) is 31.9 Å². The molecule has 1 aliphatic rings. The lowest BCUT2D eigenvalue weighted by Gasteiger charge is -2.33. The zero-order valence-corrected chi connectivity index (χ0v) is 9.86. The Morgan fingerprint density at radius 1 is 1.38 bits per heavy atom. The van der Waals surface area contributed by atoms with E-state index in [0.29, 0.717) is 0 Å². The van der Waals surface area contributed by atoms with Gasteiger partial charge in [-0.3, -0.25) is 10.2 Å². The summed E-state index contributed by atoms with van der Waals surface area (Å²) in [5.74, 6) is 0.943. The van der Waals surface area contributed by atoms with Gasteiger partial charge in [0.2, 0.25) is 0 Å². The van der Waals surface area contributed by atoms with Gasteiger partial charge in [-0.1, -0.05) is 25.1 Å². The van der Waals surface area contributed by atoms with Crippen LogP contribution in [0.3, 0.4) is 0 Å². The van der Waals surface area contributed by atoms with Gasteiger partial charge in [0, 0.05) is 19.6 Å². The van der Waals surface area contributed by atoms with E-state index in [4.69, 9.17) is 4.74 Å². The van der Waals surface area contributed by atoms with Crippen LogP contribution < -0.4 is 10.1 Å². The Labute approximate surface area is 97.4 Å². The van der Waals surface area contributed by atoms with Gasteiger partial charge in [-0.25, -0.2) is 0 Å². The number of ether oxygens (including phenoxy) is 1. The highest BCUT2D eigenvalue weighted by Crippen LogP contribution is 2.11. The zero-order valence-electron chi connectivity index (χ0n) is 9.86. The van der Waals surface area contributed by atoms with Crippen LogP contribution in [0.25, 0.3) is 0 Å². The predicted molar refractivity (Wildman–Crippen MR) is 65.6 cm³/mol. The number of hydrogen-bond acceptors (Lipinski definition) is 3. The second-order valence-corrected chi connectivity index (χ2v) is 4.17. The Morgan fingerprint density at radius 3 is 2.94 bits per heavy atom. The number of nitrogens with zero attached hydrogens (tertiary/aromatic N) is 1. The Balaban J connectivity index is 1.85. The summed E-state index contributed by atoms with van der Waals surface area (Å²) in [7, 11) is 0. The van der Waals surface area contributed by atoms with Crippen LogP contribution in [0, 0.1) is 0 Å². The number of rotatable bonds is 4. The Morgan fingerprint density at radius 2 is 2.19 bits per heavy atom. The summed E-state index contributed by atoms with van der Waals surface area (Å²) in [4.78, 5) is 2.45. The third-order valence-corrected chi connectivity index (χ3v) is 2.79. The van der Waals surface area contributed by atoms with Crippen molar-refractivity contribution in [1.29, 1.82) is 0 Å². The monoisotopic (exact) mass is 220 g/mol. The largest absolute Gasteiger partial charge is 0.474 e. The lowest BCUT2D eigenvalue weighted by atomic mass is 10.3. The van der Waals surface area contributed by atoms with E-state index in [1.807, 2.05) is 30.3 Å². The van der Waals surface area contributed by atoms with Gasteiger partial charge in [0.15, 0.2) is 6.23 Å². The molecule has 1 heterocycles. The Kier molecular flexibility index (Phi) is 4.19. The van der Waals surface area contributed by atoms with Crippen LogP contribution in [0.4, 0.5) is 0 Å². The molecule has 3 nitrogen and oxygen atoms in total. The Hall–Kier alpha value is -1.06. The normalized spacial score (nSPS) is 21.9. The SMILES string of the molecule is CCCN1CCNC(Oc2ccccc2)C1. The molecule has 0 radical (unpaired) electrons. The van der Waals surface area contributed by atoms with E-state index in [-0.39, 0.29) is 6.23 Å². The fourth-order valence-electron chi connectivity index (χ4n) is 2.04.